The van der Waals surface area contributed by atoms with Crippen molar-refractivity contribution in [2.24, 2.45) is 0 Å². The molecule has 0 saturated heterocycles. The summed E-state index contributed by atoms with van der Waals surface area (Å²) >= 11 is 0. The van der Waals surface area contributed by atoms with Gasteiger partial charge in [0.25, 0.3) is 0 Å². The molecule has 1 unspecified atom stereocenters. The van der Waals surface area contributed by atoms with Gasteiger partial charge < -0.3 is 15.7 Å². The minimum Gasteiger partial charge on any atom is -0.481 e. The summed E-state index contributed by atoms with van der Waals surface area (Å²) in [5.74, 6) is -0.862. The fourth-order valence-corrected chi connectivity index (χ4v) is 2.53. The Balaban J connectivity index is 1.75. The Hall–Kier alpha value is -2.83. The van der Waals surface area contributed by atoms with Gasteiger partial charge in [0.2, 0.25) is 0 Å². The third-order valence-corrected chi connectivity index (χ3v) is 3.78. The van der Waals surface area contributed by atoms with Crippen LogP contribution in [0.4, 0.5) is 4.79 Å². The first-order valence-corrected chi connectivity index (χ1v) is 8.41. The van der Waals surface area contributed by atoms with E-state index in [9.17, 15) is 9.59 Å². The number of amides is 2. The highest BCUT2D eigenvalue weighted by Gasteiger charge is 2.14. The van der Waals surface area contributed by atoms with Gasteiger partial charge in [0.15, 0.2) is 0 Å². The summed E-state index contributed by atoms with van der Waals surface area (Å²) in [6.45, 7) is 1.27. The molecular weight excluding hydrogens is 320 g/mol. The van der Waals surface area contributed by atoms with Gasteiger partial charge in [-0.2, -0.15) is 5.10 Å². The lowest BCUT2D eigenvalue weighted by Gasteiger charge is -2.18. The molecule has 2 rings (SSSR count). The summed E-state index contributed by atoms with van der Waals surface area (Å²) in [5, 5.41) is 18.7. The fourth-order valence-electron chi connectivity index (χ4n) is 2.53. The summed E-state index contributed by atoms with van der Waals surface area (Å²) in [6.07, 6.45) is 5.39. The third kappa shape index (κ3) is 7.52. The molecule has 0 radical (unpaired) electrons. The third-order valence-electron chi connectivity index (χ3n) is 3.78. The van der Waals surface area contributed by atoms with E-state index in [1.165, 1.54) is 0 Å². The quantitative estimate of drug-likeness (QED) is 0.575. The molecule has 0 aliphatic carbocycles. The smallest absolute Gasteiger partial charge is 0.315 e. The Morgan fingerprint density at radius 1 is 1.20 bits per heavy atom. The zero-order valence-electron chi connectivity index (χ0n) is 14.1. The van der Waals surface area contributed by atoms with Gasteiger partial charge in [-0.15, -0.1) is 0 Å². The van der Waals surface area contributed by atoms with E-state index in [0.29, 0.717) is 19.4 Å². The highest BCUT2D eigenvalue weighted by molar-refractivity contribution is 5.74. The number of benzene rings is 1. The lowest BCUT2D eigenvalue weighted by Crippen LogP contribution is -2.43. The maximum absolute atomic E-state index is 12.1. The maximum atomic E-state index is 12.1. The topological polar surface area (TPSA) is 96.3 Å². The van der Waals surface area contributed by atoms with Crippen LogP contribution in [0.5, 0.6) is 0 Å². The van der Waals surface area contributed by atoms with Gasteiger partial charge in [-0.3, -0.25) is 9.48 Å². The van der Waals surface area contributed by atoms with Crippen LogP contribution in [0.2, 0.25) is 0 Å². The molecule has 2 amide bonds. The molecule has 0 spiro atoms. The predicted octanol–water partition coefficient (Wildman–Crippen LogP) is 2.05. The molecule has 3 N–H and O–H groups in total. The lowest BCUT2D eigenvalue weighted by molar-refractivity contribution is -0.137. The van der Waals surface area contributed by atoms with Crippen molar-refractivity contribution in [2.45, 2.75) is 38.3 Å². The average molecular weight is 344 g/mol. The molecule has 7 heteroatoms. The molecule has 1 heterocycles. The van der Waals surface area contributed by atoms with Crippen molar-refractivity contribution in [1.29, 1.82) is 0 Å². The Labute approximate surface area is 147 Å². The van der Waals surface area contributed by atoms with E-state index in [0.717, 1.165) is 18.5 Å². The zero-order chi connectivity index (χ0) is 17.9. The summed E-state index contributed by atoms with van der Waals surface area (Å²) in [7, 11) is 0. The number of aliphatic carboxylic acids is 1. The van der Waals surface area contributed by atoms with Gasteiger partial charge in [-0.05, 0) is 30.9 Å². The molecule has 25 heavy (non-hydrogen) atoms. The Morgan fingerprint density at radius 2 is 2.00 bits per heavy atom. The predicted molar refractivity (Wildman–Crippen MR) is 94.2 cm³/mol. The number of aryl methyl sites for hydroxylation is 1. The van der Waals surface area contributed by atoms with Crippen molar-refractivity contribution in [1.82, 2.24) is 20.4 Å². The van der Waals surface area contributed by atoms with Gasteiger partial charge in [0.05, 0.1) is 0 Å². The fraction of sp³-hybridized carbons (Fsp3) is 0.389. The number of aromatic nitrogens is 2. The van der Waals surface area contributed by atoms with Crippen molar-refractivity contribution < 1.29 is 14.7 Å². The van der Waals surface area contributed by atoms with Crippen LogP contribution in [0.3, 0.4) is 0 Å². The average Bonchev–Trinajstić information content (AvgIpc) is 3.11. The van der Waals surface area contributed by atoms with Crippen molar-refractivity contribution in [3.63, 3.8) is 0 Å². The number of carbonyl (C=O) groups is 2. The number of carbonyl (C=O) groups excluding carboxylic acids is 1. The molecule has 7 nitrogen and oxygen atoms in total. The summed E-state index contributed by atoms with van der Waals surface area (Å²) in [4.78, 5) is 22.9. The van der Waals surface area contributed by atoms with E-state index in [1.807, 2.05) is 47.3 Å². The van der Waals surface area contributed by atoms with Crippen LogP contribution < -0.4 is 10.6 Å². The Morgan fingerprint density at radius 3 is 2.68 bits per heavy atom. The molecule has 0 aliphatic heterocycles. The molecule has 1 aromatic heterocycles. The second-order valence-corrected chi connectivity index (χ2v) is 5.84. The highest BCUT2D eigenvalue weighted by Crippen LogP contribution is 2.08. The number of carboxylic acid groups (broad SMARTS) is 1. The zero-order valence-corrected chi connectivity index (χ0v) is 14.1. The van der Waals surface area contributed by atoms with Crippen molar-refractivity contribution in [3.05, 3.63) is 54.4 Å². The van der Waals surface area contributed by atoms with Gasteiger partial charge in [-0.1, -0.05) is 30.3 Å². The molecule has 0 fully saturated rings. The van der Waals surface area contributed by atoms with E-state index >= 15 is 0 Å². The van der Waals surface area contributed by atoms with Gasteiger partial charge in [0.1, 0.15) is 0 Å². The number of nitrogens with one attached hydrogen (secondary N) is 2. The number of rotatable bonds is 10. The Kier molecular flexibility index (Phi) is 7.49. The second-order valence-electron chi connectivity index (χ2n) is 5.84. The van der Waals surface area contributed by atoms with Crippen LogP contribution in [-0.4, -0.2) is 39.5 Å². The summed E-state index contributed by atoms with van der Waals surface area (Å²) < 4.78 is 1.81. The normalized spacial score (nSPS) is 11.7. The number of hydrogen-bond donors (Lipinski definition) is 3. The largest absolute Gasteiger partial charge is 0.481 e. The van der Waals surface area contributed by atoms with Crippen LogP contribution in [0, 0.1) is 0 Å². The first-order chi connectivity index (χ1) is 12.1. The molecule has 0 saturated carbocycles. The van der Waals surface area contributed by atoms with E-state index in [4.69, 9.17) is 5.11 Å². The lowest BCUT2D eigenvalue weighted by atomic mass is 10.0. The number of carboxylic acids is 1. The van der Waals surface area contributed by atoms with E-state index in [-0.39, 0.29) is 18.5 Å². The molecular formula is C18H24N4O3. The van der Waals surface area contributed by atoms with Crippen LogP contribution >= 0.6 is 0 Å². The Bertz CT molecular complexity index is 644. The second kappa shape index (κ2) is 10.1. The molecule has 0 aliphatic rings. The van der Waals surface area contributed by atoms with E-state index in [1.54, 1.807) is 6.20 Å². The first-order valence-electron chi connectivity index (χ1n) is 8.41. The standard InChI is InChI=1S/C18H24N4O3/c23-17(24)9-8-16(14-15-6-2-1-3-7-15)21-18(25)19-10-4-12-22-13-5-11-20-22/h1-3,5-7,11,13,16H,4,8-10,12,14H2,(H,23,24)(H2,19,21,25). The number of urea groups is 1. The number of hydrogen-bond acceptors (Lipinski definition) is 3. The minimum absolute atomic E-state index is 0.0249. The molecule has 134 valence electrons. The van der Waals surface area contributed by atoms with Crippen LogP contribution in [-0.2, 0) is 17.8 Å². The molecule has 1 aromatic carbocycles. The molecule has 2 aromatic rings. The minimum atomic E-state index is -0.862. The summed E-state index contributed by atoms with van der Waals surface area (Å²) in [6, 6.07) is 11.1. The highest BCUT2D eigenvalue weighted by atomic mass is 16.4. The maximum Gasteiger partial charge on any atom is 0.315 e. The van der Waals surface area contributed by atoms with E-state index in [2.05, 4.69) is 15.7 Å². The van der Waals surface area contributed by atoms with Gasteiger partial charge in [-0.25, -0.2) is 4.79 Å². The summed E-state index contributed by atoms with van der Waals surface area (Å²) in [5.41, 5.74) is 1.07. The van der Waals surface area contributed by atoms with Crippen molar-refractivity contribution in [3.8, 4) is 0 Å². The van der Waals surface area contributed by atoms with Crippen molar-refractivity contribution >= 4 is 12.0 Å². The van der Waals surface area contributed by atoms with E-state index < -0.39 is 5.97 Å². The van der Waals surface area contributed by atoms with Crippen molar-refractivity contribution in [2.75, 3.05) is 6.54 Å². The monoisotopic (exact) mass is 344 g/mol. The van der Waals surface area contributed by atoms with Crippen LogP contribution in [0.1, 0.15) is 24.8 Å². The van der Waals surface area contributed by atoms with Crippen LogP contribution in [0.25, 0.3) is 0 Å². The number of nitrogens with zero attached hydrogens (tertiary/aromatic N) is 2. The van der Waals surface area contributed by atoms with Gasteiger partial charge >= 0.3 is 12.0 Å². The molecule has 0 bridgehead atoms. The van der Waals surface area contributed by atoms with Gasteiger partial charge in [0, 0.05) is 37.9 Å². The SMILES string of the molecule is O=C(O)CCC(Cc1ccccc1)NC(=O)NCCCn1cccn1. The molecule has 1 atom stereocenters. The first kappa shape index (κ1) is 18.5. The van der Waals surface area contributed by atoms with Crippen LogP contribution in [0.15, 0.2) is 48.8 Å².